The average Bonchev–Trinajstić information content (AvgIpc) is 2.88. The Morgan fingerprint density at radius 1 is 1.08 bits per heavy atom. The number of fused-ring (bicyclic) bond motifs is 1. The van der Waals surface area contributed by atoms with E-state index >= 15 is 0 Å². The molecule has 1 aromatic heterocycles. The minimum absolute atomic E-state index is 0.135. The van der Waals surface area contributed by atoms with E-state index in [-0.39, 0.29) is 11.9 Å². The number of benzene rings is 1. The zero-order chi connectivity index (χ0) is 17.4. The number of aromatic nitrogens is 1. The maximum Gasteiger partial charge on any atom is 0.332 e. The summed E-state index contributed by atoms with van der Waals surface area (Å²) in [5.41, 5.74) is 2.80. The lowest BCUT2D eigenvalue weighted by molar-refractivity contribution is -0.121. The molecule has 1 aromatic carbocycles. The van der Waals surface area contributed by atoms with Gasteiger partial charge in [-0.05, 0) is 30.7 Å². The van der Waals surface area contributed by atoms with Gasteiger partial charge in [-0.15, -0.1) is 0 Å². The summed E-state index contributed by atoms with van der Waals surface area (Å²) in [7, 11) is 0. The predicted octanol–water partition coefficient (Wildman–Crippen LogP) is 2.04. The van der Waals surface area contributed by atoms with E-state index in [1.807, 2.05) is 31.2 Å². The van der Waals surface area contributed by atoms with E-state index in [4.69, 9.17) is 0 Å². The van der Waals surface area contributed by atoms with Crippen molar-refractivity contribution in [2.75, 3.05) is 24.5 Å². The summed E-state index contributed by atoms with van der Waals surface area (Å²) in [5, 5.41) is 0. The van der Waals surface area contributed by atoms with Crippen LogP contribution in [-0.4, -0.2) is 52.4 Å². The van der Waals surface area contributed by atoms with Crippen LogP contribution in [0.4, 0.5) is 10.5 Å². The van der Waals surface area contributed by atoms with E-state index in [0.29, 0.717) is 18.8 Å². The molecule has 2 aliphatic heterocycles. The third-order valence-corrected chi connectivity index (χ3v) is 4.93. The molecule has 6 nitrogen and oxygen atoms in total. The standard InChI is InChI=1S/C19H20N4O2/c1-14-15(6-5-9-20-14)12-21-10-11-22-17(13-21)18(24)23(19(22)25)16-7-3-2-4-8-16/h2-9,17H,10-13H2,1H3/t17-/m0/s1. The summed E-state index contributed by atoms with van der Waals surface area (Å²) in [6, 6.07) is 12.5. The molecule has 25 heavy (non-hydrogen) atoms. The highest BCUT2D eigenvalue weighted by atomic mass is 16.2. The average molecular weight is 336 g/mol. The number of para-hydroxylation sites is 1. The Morgan fingerprint density at radius 3 is 2.64 bits per heavy atom. The summed E-state index contributed by atoms with van der Waals surface area (Å²) in [6.07, 6.45) is 1.79. The molecule has 0 spiro atoms. The number of hydrogen-bond donors (Lipinski definition) is 0. The van der Waals surface area contributed by atoms with Crippen LogP contribution in [0.2, 0.25) is 0 Å². The number of urea groups is 1. The monoisotopic (exact) mass is 336 g/mol. The number of amides is 3. The Kier molecular flexibility index (Phi) is 3.97. The summed E-state index contributed by atoms with van der Waals surface area (Å²) < 4.78 is 0. The molecule has 2 saturated heterocycles. The van der Waals surface area contributed by atoms with Crippen molar-refractivity contribution < 1.29 is 9.59 Å². The minimum atomic E-state index is -0.404. The maximum absolute atomic E-state index is 12.8. The van der Waals surface area contributed by atoms with Crippen molar-refractivity contribution in [2.45, 2.75) is 19.5 Å². The summed E-state index contributed by atoms with van der Waals surface area (Å²) in [4.78, 5) is 35.1. The molecule has 0 aliphatic carbocycles. The van der Waals surface area contributed by atoms with Crippen LogP contribution in [0.15, 0.2) is 48.7 Å². The number of carbonyl (C=O) groups excluding carboxylic acids is 2. The van der Waals surface area contributed by atoms with Crippen LogP contribution < -0.4 is 4.90 Å². The summed E-state index contributed by atoms with van der Waals surface area (Å²) >= 11 is 0. The van der Waals surface area contributed by atoms with Gasteiger partial charge in [0.15, 0.2) is 0 Å². The normalized spacial score (nSPS) is 20.9. The first kappa shape index (κ1) is 15.8. The van der Waals surface area contributed by atoms with Crippen LogP contribution in [0.25, 0.3) is 0 Å². The van der Waals surface area contributed by atoms with Gasteiger partial charge in [0.05, 0.1) is 5.69 Å². The fraction of sp³-hybridized carbons (Fsp3) is 0.316. The molecule has 0 radical (unpaired) electrons. The molecule has 2 aliphatic rings. The molecule has 0 bridgehead atoms. The van der Waals surface area contributed by atoms with Gasteiger partial charge in [0, 0.05) is 38.1 Å². The molecular formula is C19H20N4O2. The van der Waals surface area contributed by atoms with E-state index in [2.05, 4.69) is 16.0 Å². The maximum atomic E-state index is 12.8. The van der Waals surface area contributed by atoms with Crippen LogP contribution in [0.1, 0.15) is 11.3 Å². The Labute approximate surface area is 146 Å². The fourth-order valence-corrected chi connectivity index (χ4v) is 3.54. The molecule has 2 aromatic rings. The Bertz CT molecular complexity index is 808. The first-order valence-corrected chi connectivity index (χ1v) is 8.47. The van der Waals surface area contributed by atoms with Gasteiger partial charge < -0.3 is 4.90 Å². The quantitative estimate of drug-likeness (QED) is 0.805. The van der Waals surface area contributed by atoms with Crippen LogP contribution in [-0.2, 0) is 11.3 Å². The van der Waals surface area contributed by atoms with Crippen molar-refractivity contribution in [2.24, 2.45) is 0 Å². The topological polar surface area (TPSA) is 56.8 Å². The number of rotatable bonds is 3. The second-order valence-corrected chi connectivity index (χ2v) is 6.48. The number of pyridine rings is 1. The van der Waals surface area contributed by atoms with E-state index in [0.717, 1.165) is 24.3 Å². The zero-order valence-corrected chi connectivity index (χ0v) is 14.1. The second-order valence-electron chi connectivity index (χ2n) is 6.48. The Morgan fingerprint density at radius 2 is 1.88 bits per heavy atom. The van der Waals surface area contributed by atoms with Crippen molar-refractivity contribution in [3.63, 3.8) is 0 Å². The third kappa shape index (κ3) is 2.78. The highest BCUT2D eigenvalue weighted by Crippen LogP contribution is 2.27. The molecule has 128 valence electrons. The van der Waals surface area contributed by atoms with Gasteiger partial charge in [-0.2, -0.15) is 0 Å². The van der Waals surface area contributed by atoms with Crippen LogP contribution in [0, 0.1) is 6.92 Å². The highest BCUT2D eigenvalue weighted by Gasteiger charge is 2.48. The third-order valence-electron chi connectivity index (χ3n) is 4.93. The number of aryl methyl sites for hydroxylation is 1. The zero-order valence-electron chi connectivity index (χ0n) is 14.1. The Balaban J connectivity index is 1.52. The first-order valence-electron chi connectivity index (χ1n) is 8.47. The molecule has 4 rings (SSSR count). The largest absolute Gasteiger partial charge is 0.332 e. The first-order chi connectivity index (χ1) is 12.1. The molecule has 1 atom stereocenters. The highest BCUT2D eigenvalue weighted by molar-refractivity contribution is 6.21. The number of imide groups is 1. The van der Waals surface area contributed by atoms with Crippen molar-refractivity contribution in [1.82, 2.24) is 14.8 Å². The molecular weight excluding hydrogens is 316 g/mol. The second kappa shape index (κ2) is 6.29. The molecule has 3 amide bonds. The summed E-state index contributed by atoms with van der Waals surface area (Å²) in [5.74, 6) is -0.135. The molecule has 0 N–H and O–H groups in total. The number of anilines is 1. The van der Waals surface area contributed by atoms with Gasteiger partial charge >= 0.3 is 6.03 Å². The number of carbonyl (C=O) groups is 2. The smallest absolute Gasteiger partial charge is 0.309 e. The summed E-state index contributed by atoms with van der Waals surface area (Å²) in [6.45, 7) is 4.62. The van der Waals surface area contributed by atoms with Crippen molar-refractivity contribution in [1.29, 1.82) is 0 Å². The lowest BCUT2D eigenvalue weighted by atomic mass is 10.1. The fourth-order valence-electron chi connectivity index (χ4n) is 3.54. The van der Waals surface area contributed by atoms with E-state index in [1.54, 1.807) is 23.2 Å². The van der Waals surface area contributed by atoms with Gasteiger partial charge in [-0.25, -0.2) is 9.69 Å². The molecule has 0 saturated carbocycles. The Hall–Kier alpha value is -2.73. The van der Waals surface area contributed by atoms with E-state index in [9.17, 15) is 9.59 Å². The van der Waals surface area contributed by atoms with Gasteiger partial charge in [0.2, 0.25) is 0 Å². The molecule has 3 heterocycles. The molecule has 2 fully saturated rings. The minimum Gasteiger partial charge on any atom is -0.309 e. The van der Waals surface area contributed by atoms with Crippen molar-refractivity contribution >= 4 is 17.6 Å². The lowest BCUT2D eigenvalue weighted by Crippen LogP contribution is -2.52. The van der Waals surface area contributed by atoms with Gasteiger partial charge in [0.25, 0.3) is 5.91 Å². The number of nitrogens with zero attached hydrogens (tertiary/aromatic N) is 4. The van der Waals surface area contributed by atoms with Crippen molar-refractivity contribution in [3.05, 3.63) is 59.9 Å². The number of hydrogen-bond acceptors (Lipinski definition) is 4. The van der Waals surface area contributed by atoms with E-state index in [1.165, 1.54) is 4.90 Å². The van der Waals surface area contributed by atoms with Gasteiger partial charge in [-0.1, -0.05) is 24.3 Å². The van der Waals surface area contributed by atoms with Gasteiger partial charge in [-0.3, -0.25) is 14.7 Å². The van der Waals surface area contributed by atoms with Crippen molar-refractivity contribution in [3.8, 4) is 0 Å². The molecule has 0 unspecified atom stereocenters. The van der Waals surface area contributed by atoms with E-state index < -0.39 is 6.04 Å². The van der Waals surface area contributed by atoms with Gasteiger partial charge in [0.1, 0.15) is 6.04 Å². The van der Waals surface area contributed by atoms with Crippen LogP contribution in [0.3, 0.4) is 0 Å². The number of piperazine rings is 1. The van der Waals surface area contributed by atoms with Crippen LogP contribution in [0.5, 0.6) is 0 Å². The SMILES string of the molecule is Cc1ncccc1CN1CCN2C(=O)N(c3ccccc3)C(=O)[C@@H]2C1. The lowest BCUT2D eigenvalue weighted by Gasteiger charge is -2.35. The van der Waals surface area contributed by atoms with Crippen LogP contribution >= 0.6 is 0 Å². The predicted molar refractivity (Wildman–Crippen MR) is 94.1 cm³/mol. The molecule has 6 heteroatoms.